The molecule has 1 aliphatic carbocycles. The van der Waals surface area contributed by atoms with E-state index in [-0.39, 0.29) is 0 Å². The summed E-state index contributed by atoms with van der Waals surface area (Å²) >= 11 is 0. The Balaban J connectivity index is 2.01. The molecule has 17 heavy (non-hydrogen) atoms. The average molecular weight is 232 g/mol. The van der Waals surface area contributed by atoms with E-state index in [1.807, 2.05) is 0 Å². The maximum atomic E-state index is 10.1. The van der Waals surface area contributed by atoms with Gasteiger partial charge in [-0.05, 0) is 24.5 Å². The Hall–Kier alpha value is -1.22. The summed E-state index contributed by atoms with van der Waals surface area (Å²) in [5.74, 6) is 0. The lowest BCUT2D eigenvalue weighted by Crippen LogP contribution is -2.37. The number of benzene rings is 1. The number of anilines is 2. The van der Waals surface area contributed by atoms with E-state index in [0.717, 1.165) is 32.4 Å². The molecule has 1 N–H and O–H groups in total. The average Bonchev–Trinajstić information content (AvgIpc) is 3.02. The summed E-state index contributed by atoms with van der Waals surface area (Å²) in [6.45, 7) is 2.12. The van der Waals surface area contributed by atoms with Gasteiger partial charge in [0.15, 0.2) is 0 Å². The van der Waals surface area contributed by atoms with Crippen LogP contribution in [-0.2, 0) is 6.42 Å². The third kappa shape index (κ3) is 1.89. The van der Waals surface area contributed by atoms with Crippen molar-refractivity contribution >= 4 is 11.4 Å². The molecule has 0 unspecified atom stereocenters. The minimum Gasteiger partial charge on any atom is -0.390 e. The number of fused-ring (bicyclic) bond motifs is 1. The van der Waals surface area contributed by atoms with E-state index in [9.17, 15) is 5.11 Å². The molecule has 0 atom stereocenters. The number of nitrogens with zero attached hydrogens (tertiary/aromatic N) is 2. The van der Waals surface area contributed by atoms with Crippen LogP contribution in [0.5, 0.6) is 0 Å². The first-order chi connectivity index (χ1) is 8.09. The van der Waals surface area contributed by atoms with E-state index in [1.165, 1.54) is 16.9 Å². The fourth-order valence-corrected chi connectivity index (χ4v) is 2.68. The molecule has 0 radical (unpaired) electrons. The van der Waals surface area contributed by atoms with Crippen molar-refractivity contribution in [2.24, 2.45) is 0 Å². The largest absolute Gasteiger partial charge is 0.390 e. The lowest BCUT2D eigenvalue weighted by molar-refractivity contribution is 0.151. The molecule has 1 aromatic rings. The minimum atomic E-state index is -0.411. The molecule has 1 heterocycles. The van der Waals surface area contributed by atoms with Crippen molar-refractivity contribution in [2.75, 3.05) is 37.0 Å². The number of hydrogen-bond donors (Lipinski definition) is 1. The van der Waals surface area contributed by atoms with E-state index >= 15 is 0 Å². The molecule has 1 saturated carbocycles. The molecule has 0 saturated heterocycles. The topological polar surface area (TPSA) is 26.7 Å². The van der Waals surface area contributed by atoms with Gasteiger partial charge in [-0.15, -0.1) is 0 Å². The highest BCUT2D eigenvalue weighted by Gasteiger charge is 2.41. The van der Waals surface area contributed by atoms with Gasteiger partial charge in [0, 0.05) is 33.6 Å². The van der Waals surface area contributed by atoms with Crippen LogP contribution in [0, 0.1) is 0 Å². The Morgan fingerprint density at radius 2 is 1.88 bits per heavy atom. The molecule has 3 rings (SSSR count). The second kappa shape index (κ2) is 3.64. The maximum absolute atomic E-state index is 10.1. The summed E-state index contributed by atoms with van der Waals surface area (Å²) in [4.78, 5) is 4.62. The molecule has 0 aromatic heterocycles. The lowest BCUT2D eigenvalue weighted by atomic mass is 10.0. The fraction of sp³-hybridized carbons (Fsp3) is 0.571. The van der Waals surface area contributed by atoms with Gasteiger partial charge in [0.05, 0.1) is 17.0 Å². The highest BCUT2D eigenvalue weighted by atomic mass is 16.3. The van der Waals surface area contributed by atoms with Crippen LogP contribution >= 0.6 is 0 Å². The predicted octanol–water partition coefficient (Wildman–Crippen LogP) is 1.64. The summed E-state index contributed by atoms with van der Waals surface area (Å²) < 4.78 is 0. The van der Waals surface area contributed by atoms with Crippen LogP contribution in [0.3, 0.4) is 0 Å². The summed E-state index contributed by atoms with van der Waals surface area (Å²) in [7, 11) is 4.29. The Morgan fingerprint density at radius 1 is 1.18 bits per heavy atom. The van der Waals surface area contributed by atoms with Crippen LogP contribution in [0.25, 0.3) is 0 Å². The Kier molecular flexibility index (Phi) is 2.33. The van der Waals surface area contributed by atoms with Crippen LogP contribution < -0.4 is 9.80 Å². The number of likely N-dealkylation sites (N-methyl/N-ethyl adjacent to an activating group) is 2. The number of rotatable bonds is 2. The summed E-state index contributed by atoms with van der Waals surface area (Å²) in [5.41, 5.74) is 3.48. The van der Waals surface area contributed by atoms with Crippen molar-refractivity contribution in [1.29, 1.82) is 0 Å². The lowest BCUT2D eigenvalue weighted by Gasteiger charge is -2.36. The minimum absolute atomic E-state index is 0.411. The molecule has 2 aliphatic rings. The van der Waals surface area contributed by atoms with Crippen molar-refractivity contribution in [3.8, 4) is 0 Å². The number of hydrogen-bond acceptors (Lipinski definition) is 3. The molecular weight excluding hydrogens is 212 g/mol. The van der Waals surface area contributed by atoms with Crippen molar-refractivity contribution in [1.82, 2.24) is 0 Å². The summed E-state index contributed by atoms with van der Waals surface area (Å²) in [6, 6.07) is 6.44. The Morgan fingerprint density at radius 3 is 2.59 bits per heavy atom. The van der Waals surface area contributed by atoms with Gasteiger partial charge < -0.3 is 14.9 Å². The van der Waals surface area contributed by atoms with E-state index in [1.54, 1.807) is 0 Å². The van der Waals surface area contributed by atoms with Crippen LogP contribution in [0.4, 0.5) is 11.4 Å². The van der Waals surface area contributed by atoms with Gasteiger partial charge >= 0.3 is 0 Å². The van der Waals surface area contributed by atoms with Gasteiger partial charge in [0.2, 0.25) is 0 Å². The maximum Gasteiger partial charge on any atom is 0.0690 e. The normalized spacial score (nSPS) is 21.4. The van der Waals surface area contributed by atoms with Crippen molar-refractivity contribution in [2.45, 2.75) is 24.9 Å². The van der Waals surface area contributed by atoms with Crippen LogP contribution in [0.15, 0.2) is 18.2 Å². The first kappa shape index (κ1) is 10.9. The van der Waals surface area contributed by atoms with E-state index in [4.69, 9.17) is 0 Å². The van der Waals surface area contributed by atoms with Crippen molar-refractivity contribution in [3.05, 3.63) is 23.8 Å². The van der Waals surface area contributed by atoms with E-state index < -0.39 is 5.60 Å². The molecule has 0 spiro atoms. The van der Waals surface area contributed by atoms with E-state index in [2.05, 4.69) is 42.1 Å². The molecule has 1 aliphatic heterocycles. The monoisotopic (exact) mass is 232 g/mol. The zero-order valence-electron chi connectivity index (χ0n) is 10.6. The molecular formula is C14H20N2O. The van der Waals surface area contributed by atoms with Crippen LogP contribution in [0.1, 0.15) is 18.4 Å². The van der Waals surface area contributed by atoms with Gasteiger partial charge in [-0.1, -0.05) is 12.1 Å². The third-order valence-electron chi connectivity index (χ3n) is 4.01. The highest BCUT2D eigenvalue weighted by molar-refractivity contribution is 5.76. The fourth-order valence-electron chi connectivity index (χ4n) is 2.68. The van der Waals surface area contributed by atoms with Crippen LogP contribution in [-0.4, -0.2) is 37.9 Å². The first-order valence-corrected chi connectivity index (χ1v) is 6.36. The first-order valence-electron chi connectivity index (χ1n) is 6.36. The molecule has 3 nitrogen and oxygen atoms in total. The Labute approximate surface area is 103 Å². The smallest absolute Gasteiger partial charge is 0.0690 e. The Bertz CT molecular complexity index is 440. The standard InChI is InChI=1S/C14H20N2O/c1-15-8-9-16(2)13-11(4-3-5-12(13)15)10-14(17)6-7-14/h3-5,17H,6-10H2,1-2H3. The van der Waals surface area contributed by atoms with E-state index in [0.29, 0.717) is 0 Å². The highest BCUT2D eigenvalue weighted by Crippen LogP contribution is 2.43. The summed E-state index contributed by atoms with van der Waals surface area (Å²) in [6.07, 6.45) is 2.71. The van der Waals surface area contributed by atoms with Gasteiger partial charge in [-0.25, -0.2) is 0 Å². The van der Waals surface area contributed by atoms with Gasteiger partial charge in [-0.2, -0.15) is 0 Å². The van der Waals surface area contributed by atoms with Crippen molar-refractivity contribution in [3.63, 3.8) is 0 Å². The summed E-state index contributed by atoms with van der Waals surface area (Å²) in [5, 5.41) is 10.1. The number of aliphatic hydroxyl groups is 1. The molecule has 0 amide bonds. The third-order valence-corrected chi connectivity index (χ3v) is 4.01. The molecule has 92 valence electrons. The van der Waals surface area contributed by atoms with Gasteiger partial charge in [0.1, 0.15) is 0 Å². The molecule has 3 heteroatoms. The SMILES string of the molecule is CN1CCN(C)c2c(CC3(O)CC3)cccc21. The molecule has 1 fully saturated rings. The molecule has 1 aromatic carbocycles. The van der Waals surface area contributed by atoms with Crippen molar-refractivity contribution < 1.29 is 5.11 Å². The second-order valence-electron chi connectivity index (χ2n) is 5.53. The quantitative estimate of drug-likeness (QED) is 0.839. The second-order valence-corrected chi connectivity index (χ2v) is 5.53. The molecule has 0 bridgehead atoms. The van der Waals surface area contributed by atoms with Gasteiger partial charge in [-0.3, -0.25) is 0 Å². The zero-order chi connectivity index (χ0) is 12.0. The number of para-hydroxylation sites is 1. The van der Waals surface area contributed by atoms with Gasteiger partial charge in [0.25, 0.3) is 0 Å². The predicted molar refractivity (Wildman–Crippen MR) is 70.9 cm³/mol. The van der Waals surface area contributed by atoms with Crippen LogP contribution in [0.2, 0.25) is 0 Å². The zero-order valence-corrected chi connectivity index (χ0v) is 10.6.